The Bertz CT molecular complexity index is 1240. The van der Waals surface area contributed by atoms with Crippen molar-refractivity contribution >= 4 is 17.9 Å². The van der Waals surface area contributed by atoms with Crippen molar-refractivity contribution in [1.82, 2.24) is 0 Å². The van der Waals surface area contributed by atoms with E-state index in [0.717, 1.165) is 89.9 Å². The standard InChI is InChI=1S/C57H96O6/c1-4-7-10-13-16-19-21-23-25-26-27-28-29-30-31-32-33-35-36-38-41-44-47-50-56(59)62-53-54(52-61-55(58)49-46-43-40-18-15-12-9-6-3)63-57(60)51-48-45-42-39-37-34-24-22-20-17-14-11-8-5-2/h7,10,16,19,23,25,27-28,30-31,33,35,38,41,54H,4-6,8-9,11-15,17-18,20-22,24,26,29,32,34,36-37,39-40,42-53H2,1-3H3/b10-7-,19-16-,25-23-,28-27-,31-30-,35-33-,41-38-. The van der Waals surface area contributed by atoms with Crippen LogP contribution in [0.4, 0.5) is 0 Å². The minimum atomic E-state index is -0.795. The molecule has 0 aliphatic heterocycles. The van der Waals surface area contributed by atoms with E-state index < -0.39 is 6.10 Å². The highest BCUT2D eigenvalue weighted by Gasteiger charge is 2.19. The fourth-order valence-electron chi connectivity index (χ4n) is 7.02. The van der Waals surface area contributed by atoms with Gasteiger partial charge in [0.25, 0.3) is 0 Å². The Balaban J connectivity index is 4.37. The zero-order chi connectivity index (χ0) is 45.8. The molecule has 0 N–H and O–H groups in total. The highest BCUT2D eigenvalue weighted by molar-refractivity contribution is 5.71. The first-order valence-electron chi connectivity index (χ1n) is 26.1. The lowest BCUT2D eigenvalue weighted by Crippen LogP contribution is -2.30. The van der Waals surface area contributed by atoms with Crippen LogP contribution in [0.1, 0.15) is 239 Å². The second-order valence-electron chi connectivity index (χ2n) is 17.1. The molecule has 1 unspecified atom stereocenters. The Morgan fingerprint density at radius 3 is 0.968 bits per heavy atom. The molecule has 0 saturated heterocycles. The number of unbranched alkanes of at least 4 members (excludes halogenated alkanes) is 21. The fourth-order valence-corrected chi connectivity index (χ4v) is 7.02. The summed E-state index contributed by atoms with van der Waals surface area (Å²) in [6.07, 6.45) is 65.8. The maximum absolute atomic E-state index is 12.8. The average molecular weight is 877 g/mol. The van der Waals surface area contributed by atoms with Crippen LogP contribution in [0.3, 0.4) is 0 Å². The maximum Gasteiger partial charge on any atom is 0.306 e. The molecule has 0 saturated carbocycles. The predicted molar refractivity (Wildman–Crippen MR) is 270 cm³/mol. The summed E-state index contributed by atoms with van der Waals surface area (Å²) in [6, 6.07) is 0. The normalized spacial score (nSPS) is 12.7. The third-order valence-electron chi connectivity index (χ3n) is 10.9. The summed E-state index contributed by atoms with van der Waals surface area (Å²) in [5.74, 6) is -0.957. The van der Waals surface area contributed by atoms with Crippen LogP contribution < -0.4 is 0 Å². The molecule has 0 bridgehead atoms. The number of carbonyl (C=O) groups is 3. The molecule has 0 aliphatic carbocycles. The monoisotopic (exact) mass is 877 g/mol. The van der Waals surface area contributed by atoms with Crippen LogP contribution in [-0.4, -0.2) is 37.2 Å². The number of carbonyl (C=O) groups excluding carboxylic acids is 3. The van der Waals surface area contributed by atoms with Gasteiger partial charge in [0.1, 0.15) is 13.2 Å². The van der Waals surface area contributed by atoms with E-state index in [2.05, 4.69) is 106 Å². The van der Waals surface area contributed by atoms with Crippen LogP contribution in [-0.2, 0) is 28.6 Å². The third-order valence-corrected chi connectivity index (χ3v) is 10.9. The molecule has 0 aromatic rings. The van der Waals surface area contributed by atoms with Gasteiger partial charge in [-0.2, -0.15) is 0 Å². The van der Waals surface area contributed by atoms with E-state index in [-0.39, 0.29) is 37.5 Å². The number of ether oxygens (including phenoxy) is 3. The van der Waals surface area contributed by atoms with E-state index in [1.807, 2.05) is 0 Å². The summed E-state index contributed by atoms with van der Waals surface area (Å²) in [5.41, 5.74) is 0. The first-order valence-corrected chi connectivity index (χ1v) is 26.1. The lowest BCUT2D eigenvalue weighted by atomic mass is 10.0. The Morgan fingerprint density at radius 2 is 0.619 bits per heavy atom. The lowest BCUT2D eigenvalue weighted by Gasteiger charge is -2.18. The molecule has 0 aliphatic rings. The van der Waals surface area contributed by atoms with Gasteiger partial charge in [-0.25, -0.2) is 0 Å². The topological polar surface area (TPSA) is 78.9 Å². The van der Waals surface area contributed by atoms with Gasteiger partial charge in [-0.3, -0.25) is 14.4 Å². The molecule has 0 amide bonds. The van der Waals surface area contributed by atoms with Crippen LogP contribution in [0.2, 0.25) is 0 Å². The van der Waals surface area contributed by atoms with Gasteiger partial charge in [-0.05, 0) is 70.6 Å². The average Bonchev–Trinajstić information content (AvgIpc) is 3.28. The van der Waals surface area contributed by atoms with E-state index in [9.17, 15) is 14.4 Å². The summed E-state index contributed by atoms with van der Waals surface area (Å²) in [4.78, 5) is 37.8. The summed E-state index contributed by atoms with van der Waals surface area (Å²) in [7, 11) is 0. The van der Waals surface area contributed by atoms with E-state index in [4.69, 9.17) is 14.2 Å². The Hall–Kier alpha value is -3.41. The first kappa shape index (κ1) is 59.6. The molecular weight excluding hydrogens is 781 g/mol. The lowest BCUT2D eigenvalue weighted by molar-refractivity contribution is -0.167. The van der Waals surface area contributed by atoms with Gasteiger partial charge < -0.3 is 14.2 Å². The van der Waals surface area contributed by atoms with Crippen molar-refractivity contribution in [3.63, 3.8) is 0 Å². The Labute approximate surface area is 388 Å². The fraction of sp³-hybridized carbons (Fsp3) is 0.702. The molecule has 0 spiro atoms. The van der Waals surface area contributed by atoms with Gasteiger partial charge >= 0.3 is 17.9 Å². The van der Waals surface area contributed by atoms with Crippen LogP contribution >= 0.6 is 0 Å². The molecule has 0 rings (SSSR count). The minimum Gasteiger partial charge on any atom is -0.462 e. The second-order valence-corrected chi connectivity index (χ2v) is 17.1. The summed E-state index contributed by atoms with van der Waals surface area (Å²) < 4.78 is 16.7. The molecule has 0 aromatic heterocycles. The molecule has 0 fully saturated rings. The van der Waals surface area contributed by atoms with Gasteiger partial charge in [0.05, 0.1) is 0 Å². The van der Waals surface area contributed by atoms with E-state index in [0.29, 0.717) is 19.3 Å². The minimum absolute atomic E-state index is 0.0923. The van der Waals surface area contributed by atoms with Gasteiger partial charge in [0.2, 0.25) is 0 Å². The number of rotatable bonds is 46. The van der Waals surface area contributed by atoms with Gasteiger partial charge in [-0.1, -0.05) is 234 Å². The molecule has 6 nitrogen and oxygen atoms in total. The van der Waals surface area contributed by atoms with Crippen molar-refractivity contribution in [3.05, 3.63) is 85.1 Å². The molecule has 6 heteroatoms. The van der Waals surface area contributed by atoms with E-state index in [1.165, 1.54) is 103 Å². The predicted octanol–water partition coefficient (Wildman–Crippen LogP) is 17.2. The quantitative estimate of drug-likeness (QED) is 0.0262. The van der Waals surface area contributed by atoms with Crippen molar-refractivity contribution in [3.8, 4) is 0 Å². The summed E-state index contributed by atoms with van der Waals surface area (Å²) in [6.45, 7) is 6.44. The van der Waals surface area contributed by atoms with Crippen LogP contribution in [0.25, 0.3) is 0 Å². The number of esters is 3. The van der Waals surface area contributed by atoms with Crippen molar-refractivity contribution in [2.45, 2.75) is 245 Å². The SMILES string of the molecule is CC/C=C\C/C=C\C/C=C\C/C=C\C/C=C\C/C=C\C/C=C\CCCC(=O)OCC(COC(=O)CCCCCCCCCC)OC(=O)CCCCCCCCCCCCCCCC. The van der Waals surface area contributed by atoms with E-state index >= 15 is 0 Å². The zero-order valence-electron chi connectivity index (χ0n) is 41.1. The molecule has 63 heavy (non-hydrogen) atoms. The zero-order valence-corrected chi connectivity index (χ0v) is 41.1. The molecule has 0 aromatic carbocycles. The highest BCUT2D eigenvalue weighted by Crippen LogP contribution is 2.15. The van der Waals surface area contributed by atoms with Crippen LogP contribution in [0.5, 0.6) is 0 Å². The molecule has 360 valence electrons. The largest absolute Gasteiger partial charge is 0.462 e. The van der Waals surface area contributed by atoms with Crippen molar-refractivity contribution in [2.75, 3.05) is 13.2 Å². The summed E-state index contributed by atoms with van der Waals surface area (Å²) in [5, 5.41) is 0. The molecular formula is C57H96O6. The third kappa shape index (κ3) is 49.5. The molecule has 1 atom stereocenters. The van der Waals surface area contributed by atoms with E-state index in [1.54, 1.807) is 0 Å². The van der Waals surface area contributed by atoms with Crippen LogP contribution in [0, 0.1) is 0 Å². The Morgan fingerprint density at radius 1 is 0.333 bits per heavy atom. The van der Waals surface area contributed by atoms with Crippen molar-refractivity contribution < 1.29 is 28.6 Å². The number of hydrogen-bond donors (Lipinski definition) is 0. The van der Waals surface area contributed by atoms with Crippen molar-refractivity contribution in [2.24, 2.45) is 0 Å². The van der Waals surface area contributed by atoms with Gasteiger partial charge in [0.15, 0.2) is 6.10 Å². The molecule has 0 radical (unpaired) electrons. The number of hydrogen-bond acceptors (Lipinski definition) is 6. The summed E-state index contributed by atoms with van der Waals surface area (Å²) >= 11 is 0. The number of allylic oxidation sites excluding steroid dienone is 14. The second kappa shape index (κ2) is 51.2. The highest BCUT2D eigenvalue weighted by atomic mass is 16.6. The van der Waals surface area contributed by atoms with Crippen molar-refractivity contribution in [1.29, 1.82) is 0 Å². The first-order chi connectivity index (χ1) is 31.0. The van der Waals surface area contributed by atoms with Gasteiger partial charge in [-0.15, -0.1) is 0 Å². The molecule has 0 heterocycles. The van der Waals surface area contributed by atoms with Crippen LogP contribution in [0.15, 0.2) is 85.1 Å². The van der Waals surface area contributed by atoms with Gasteiger partial charge in [0, 0.05) is 19.3 Å². The Kier molecular flexibility index (Phi) is 48.5. The maximum atomic E-state index is 12.8. The smallest absolute Gasteiger partial charge is 0.306 e.